The SMILES string of the molecule is CC(O)C(N)C(=O)NC(C(=O)NC(CS)C(=O)NC(CCCN=C(N)N)C(=O)O)C(C)O. The first-order chi connectivity index (χ1) is 14.8. The smallest absolute Gasteiger partial charge is 0.326 e. The predicted octanol–water partition coefficient (Wildman–Crippen LogP) is -4.40. The minimum Gasteiger partial charge on any atom is -0.480 e. The molecule has 0 radical (unpaired) electrons. The largest absolute Gasteiger partial charge is 0.480 e. The molecule has 0 saturated carbocycles. The van der Waals surface area contributed by atoms with E-state index in [0.29, 0.717) is 0 Å². The number of amides is 3. The molecule has 14 nitrogen and oxygen atoms in total. The maximum absolute atomic E-state index is 12.5. The average molecular weight is 480 g/mol. The Labute approximate surface area is 190 Å². The van der Waals surface area contributed by atoms with Crippen LogP contribution in [0.2, 0.25) is 0 Å². The molecule has 0 aliphatic carbocycles. The Morgan fingerprint density at radius 3 is 1.94 bits per heavy atom. The molecule has 0 rings (SSSR count). The van der Waals surface area contributed by atoms with Crippen LogP contribution in [0, 0.1) is 0 Å². The van der Waals surface area contributed by atoms with E-state index in [1.807, 2.05) is 0 Å². The molecule has 0 saturated heterocycles. The summed E-state index contributed by atoms with van der Waals surface area (Å²) in [5, 5.41) is 35.3. The molecule has 184 valence electrons. The summed E-state index contributed by atoms with van der Waals surface area (Å²) in [4.78, 5) is 52.1. The number of aliphatic hydroxyl groups is 2. The van der Waals surface area contributed by atoms with Gasteiger partial charge in [-0.05, 0) is 26.7 Å². The lowest BCUT2D eigenvalue weighted by molar-refractivity contribution is -0.142. The number of nitrogens with zero attached hydrogens (tertiary/aromatic N) is 1. The molecule has 0 aromatic rings. The number of carbonyl (C=O) groups is 4. The van der Waals surface area contributed by atoms with Gasteiger partial charge in [0.1, 0.15) is 24.2 Å². The van der Waals surface area contributed by atoms with Crippen LogP contribution in [0.1, 0.15) is 26.7 Å². The highest BCUT2D eigenvalue weighted by Gasteiger charge is 2.32. The van der Waals surface area contributed by atoms with Gasteiger partial charge in [-0.25, -0.2) is 4.79 Å². The summed E-state index contributed by atoms with van der Waals surface area (Å²) in [6.07, 6.45) is -2.28. The second-order valence-corrected chi connectivity index (χ2v) is 7.45. The highest BCUT2D eigenvalue weighted by Crippen LogP contribution is 2.02. The second kappa shape index (κ2) is 14.4. The fraction of sp³-hybridized carbons (Fsp3) is 0.706. The standard InChI is InChI=1S/C17H33N7O7S/c1-7(25)11(18)14(28)24-12(8(2)26)15(29)23-10(6-32)13(27)22-9(16(30)31)4-3-5-21-17(19)20/h7-12,25-26,32H,3-6,18H2,1-2H3,(H,22,27)(H,23,29)(H,24,28)(H,30,31)(H4,19,20,21). The Morgan fingerprint density at radius 2 is 1.50 bits per heavy atom. The van der Waals surface area contributed by atoms with Crippen LogP contribution >= 0.6 is 12.6 Å². The molecule has 32 heavy (non-hydrogen) atoms. The summed E-state index contributed by atoms with van der Waals surface area (Å²) in [6, 6.07) is -5.37. The van der Waals surface area contributed by atoms with E-state index in [1.165, 1.54) is 13.8 Å². The van der Waals surface area contributed by atoms with Crippen LogP contribution < -0.4 is 33.2 Å². The lowest BCUT2D eigenvalue weighted by Gasteiger charge is -2.26. The number of carboxylic acids is 1. The number of aliphatic imine (C=N–C) groups is 1. The average Bonchev–Trinajstić information content (AvgIpc) is 2.70. The number of thiol groups is 1. The maximum Gasteiger partial charge on any atom is 0.326 e. The number of carboxylic acid groups (broad SMARTS) is 1. The molecule has 0 spiro atoms. The zero-order valence-corrected chi connectivity index (χ0v) is 18.8. The van der Waals surface area contributed by atoms with Gasteiger partial charge in [0.05, 0.1) is 12.2 Å². The van der Waals surface area contributed by atoms with Gasteiger partial charge in [0.2, 0.25) is 17.7 Å². The predicted molar refractivity (Wildman–Crippen MR) is 119 cm³/mol. The van der Waals surface area contributed by atoms with Crippen molar-refractivity contribution >= 4 is 42.3 Å². The summed E-state index contributed by atoms with van der Waals surface area (Å²) in [5.74, 6) is -4.30. The zero-order valence-electron chi connectivity index (χ0n) is 17.9. The zero-order chi connectivity index (χ0) is 25.0. The van der Waals surface area contributed by atoms with E-state index in [9.17, 15) is 34.5 Å². The molecule has 15 heteroatoms. The van der Waals surface area contributed by atoms with Crippen molar-refractivity contribution in [3.8, 4) is 0 Å². The molecular formula is C17H33N7O7S. The third kappa shape index (κ3) is 10.6. The number of hydrogen-bond donors (Lipinski definition) is 10. The van der Waals surface area contributed by atoms with Crippen LogP contribution in [0.15, 0.2) is 4.99 Å². The monoisotopic (exact) mass is 479 g/mol. The van der Waals surface area contributed by atoms with Gasteiger partial charge in [0, 0.05) is 12.3 Å². The first-order valence-electron chi connectivity index (χ1n) is 9.73. The third-order valence-electron chi connectivity index (χ3n) is 4.26. The van der Waals surface area contributed by atoms with Crippen LogP contribution in [0.25, 0.3) is 0 Å². The van der Waals surface area contributed by atoms with Crippen molar-refractivity contribution in [2.24, 2.45) is 22.2 Å². The molecular weight excluding hydrogens is 446 g/mol. The molecule has 0 aliphatic heterocycles. The van der Waals surface area contributed by atoms with E-state index in [1.54, 1.807) is 0 Å². The molecule has 6 atom stereocenters. The number of hydrogen-bond acceptors (Lipinski definition) is 9. The Hall–Kier alpha value is -2.62. The fourth-order valence-electron chi connectivity index (χ4n) is 2.36. The highest BCUT2D eigenvalue weighted by molar-refractivity contribution is 7.80. The van der Waals surface area contributed by atoms with E-state index >= 15 is 0 Å². The van der Waals surface area contributed by atoms with Gasteiger partial charge in [-0.2, -0.15) is 12.6 Å². The number of rotatable bonds is 14. The number of aliphatic hydroxyl groups excluding tert-OH is 2. The van der Waals surface area contributed by atoms with Gasteiger partial charge in [-0.3, -0.25) is 19.4 Å². The second-order valence-electron chi connectivity index (χ2n) is 7.09. The van der Waals surface area contributed by atoms with Crippen molar-refractivity contribution in [3.63, 3.8) is 0 Å². The molecule has 0 aliphatic rings. The third-order valence-corrected chi connectivity index (χ3v) is 4.63. The molecule has 12 N–H and O–H groups in total. The fourth-order valence-corrected chi connectivity index (χ4v) is 2.62. The number of nitrogens with two attached hydrogens (primary N) is 3. The minimum absolute atomic E-state index is 0.0225. The van der Waals surface area contributed by atoms with E-state index < -0.39 is 60.1 Å². The topological polar surface area (TPSA) is 255 Å². The molecule has 0 fully saturated rings. The lowest BCUT2D eigenvalue weighted by Crippen LogP contribution is -2.61. The van der Waals surface area contributed by atoms with E-state index in [-0.39, 0.29) is 31.1 Å². The molecule has 0 bridgehead atoms. The van der Waals surface area contributed by atoms with Gasteiger partial charge >= 0.3 is 5.97 Å². The number of aliphatic carboxylic acids is 1. The minimum atomic E-state index is -1.49. The molecule has 0 aromatic carbocycles. The molecule has 6 unspecified atom stereocenters. The van der Waals surface area contributed by atoms with Crippen molar-refractivity contribution in [2.45, 2.75) is 63.1 Å². The highest BCUT2D eigenvalue weighted by atomic mass is 32.1. The Kier molecular flexibility index (Phi) is 13.3. The van der Waals surface area contributed by atoms with Crippen LogP contribution in [0.5, 0.6) is 0 Å². The van der Waals surface area contributed by atoms with Gasteiger partial charge in [-0.1, -0.05) is 0 Å². The summed E-state index contributed by atoms with van der Waals surface area (Å²) < 4.78 is 0. The first-order valence-corrected chi connectivity index (χ1v) is 10.4. The van der Waals surface area contributed by atoms with Crippen molar-refractivity contribution in [3.05, 3.63) is 0 Å². The number of guanidine groups is 1. The Morgan fingerprint density at radius 1 is 0.938 bits per heavy atom. The molecule has 3 amide bonds. The molecule has 0 aromatic heterocycles. The maximum atomic E-state index is 12.5. The Balaban J connectivity index is 5.12. The van der Waals surface area contributed by atoms with Crippen LogP contribution in [0.3, 0.4) is 0 Å². The van der Waals surface area contributed by atoms with Gasteiger partial charge < -0.3 is 48.5 Å². The van der Waals surface area contributed by atoms with Gasteiger partial charge in [0.25, 0.3) is 0 Å². The van der Waals surface area contributed by atoms with Gasteiger partial charge in [0.15, 0.2) is 5.96 Å². The van der Waals surface area contributed by atoms with Crippen molar-refractivity contribution < 1.29 is 34.5 Å². The quantitative estimate of drug-likeness (QED) is 0.0495. The van der Waals surface area contributed by atoms with Crippen molar-refractivity contribution in [1.29, 1.82) is 0 Å². The number of nitrogens with one attached hydrogen (secondary N) is 3. The van der Waals surface area contributed by atoms with Crippen molar-refractivity contribution in [1.82, 2.24) is 16.0 Å². The summed E-state index contributed by atoms with van der Waals surface area (Å²) in [6.45, 7) is 2.67. The van der Waals surface area contributed by atoms with Gasteiger partial charge in [-0.15, -0.1) is 0 Å². The Bertz CT molecular complexity index is 686. The summed E-state index contributed by atoms with van der Waals surface area (Å²) >= 11 is 3.99. The summed E-state index contributed by atoms with van der Waals surface area (Å²) in [7, 11) is 0. The van der Waals surface area contributed by atoms with E-state index in [4.69, 9.17) is 17.2 Å². The number of carbonyl (C=O) groups excluding carboxylic acids is 3. The van der Waals surface area contributed by atoms with Crippen molar-refractivity contribution in [2.75, 3.05) is 12.3 Å². The van der Waals surface area contributed by atoms with E-state index in [2.05, 4.69) is 33.6 Å². The first kappa shape index (κ1) is 29.4. The normalized spacial score (nSPS) is 16.4. The van der Waals surface area contributed by atoms with Crippen LogP contribution in [-0.4, -0.2) is 93.6 Å². The van der Waals surface area contributed by atoms with Crippen LogP contribution in [0.4, 0.5) is 0 Å². The summed E-state index contributed by atoms with van der Waals surface area (Å²) in [5.41, 5.74) is 15.9. The molecule has 0 heterocycles. The van der Waals surface area contributed by atoms with Crippen LogP contribution in [-0.2, 0) is 19.2 Å². The lowest BCUT2D eigenvalue weighted by atomic mass is 10.1. The van der Waals surface area contributed by atoms with E-state index in [0.717, 1.165) is 0 Å².